The molecule has 1 amide bonds. The fraction of sp³-hybridized carbons (Fsp3) is 0.333. The zero-order chi connectivity index (χ0) is 20.8. The number of hydrogen-bond donors (Lipinski definition) is 1. The summed E-state index contributed by atoms with van der Waals surface area (Å²) in [6.45, 7) is 5.21. The lowest BCUT2D eigenvalue weighted by Gasteiger charge is -2.28. The standard InChI is InChI=1S/C24H27N3O3/c1-2-29-20-12-10-19(11-13-20)23-16-21(26-30-23)24(28)25-17-22(27-14-6-7-15-27)18-8-4-3-5-9-18/h3-5,8-13,16,22H,2,6-7,14-15,17H2,1H3,(H,25,28)/t22-/m1/s1. The number of hydrogen-bond acceptors (Lipinski definition) is 5. The molecular weight excluding hydrogens is 378 g/mol. The van der Waals surface area contributed by atoms with E-state index in [2.05, 4.69) is 27.5 Å². The third-order valence-corrected chi connectivity index (χ3v) is 5.41. The Hall–Kier alpha value is -3.12. The molecule has 1 N–H and O–H groups in total. The number of nitrogens with one attached hydrogen (secondary N) is 1. The van der Waals surface area contributed by atoms with E-state index in [-0.39, 0.29) is 17.6 Å². The highest BCUT2D eigenvalue weighted by Crippen LogP contribution is 2.25. The van der Waals surface area contributed by atoms with Crippen molar-refractivity contribution >= 4 is 5.91 Å². The van der Waals surface area contributed by atoms with Crippen molar-refractivity contribution in [3.05, 3.63) is 71.9 Å². The van der Waals surface area contributed by atoms with Crippen molar-refractivity contribution in [2.45, 2.75) is 25.8 Å². The Morgan fingerprint density at radius 1 is 1.13 bits per heavy atom. The first-order valence-electron chi connectivity index (χ1n) is 10.5. The molecule has 1 atom stereocenters. The predicted octanol–water partition coefficient (Wildman–Crippen LogP) is 4.31. The third kappa shape index (κ3) is 4.71. The summed E-state index contributed by atoms with van der Waals surface area (Å²) in [5.41, 5.74) is 2.35. The molecule has 2 aromatic carbocycles. The molecule has 0 unspecified atom stereocenters. The van der Waals surface area contributed by atoms with Gasteiger partial charge in [-0.3, -0.25) is 9.69 Å². The Bertz CT molecular complexity index is 947. The fourth-order valence-electron chi connectivity index (χ4n) is 3.87. The second-order valence-electron chi connectivity index (χ2n) is 7.41. The molecule has 0 radical (unpaired) electrons. The van der Waals surface area contributed by atoms with Crippen molar-refractivity contribution in [3.8, 4) is 17.1 Å². The van der Waals surface area contributed by atoms with Crippen molar-refractivity contribution < 1.29 is 14.1 Å². The van der Waals surface area contributed by atoms with Gasteiger partial charge >= 0.3 is 0 Å². The molecule has 3 aromatic rings. The van der Waals surface area contributed by atoms with E-state index in [1.54, 1.807) is 6.07 Å². The topological polar surface area (TPSA) is 67.6 Å². The summed E-state index contributed by atoms with van der Waals surface area (Å²) in [5, 5.41) is 7.01. The summed E-state index contributed by atoms with van der Waals surface area (Å²) >= 11 is 0. The summed E-state index contributed by atoms with van der Waals surface area (Å²) in [6.07, 6.45) is 2.40. The van der Waals surface area contributed by atoms with Crippen LogP contribution in [0.15, 0.2) is 65.2 Å². The van der Waals surface area contributed by atoms with Crippen LogP contribution in [0.4, 0.5) is 0 Å². The van der Waals surface area contributed by atoms with Gasteiger partial charge < -0.3 is 14.6 Å². The van der Waals surface area contributed by atoms with Crippen molar-refractivity contribution in [1.29, 1.82) is 0 Å². The number of carbonyl (C=O) groups is 1. The normalized spacial score (nSPS) is 15.1. The van der Waals surface area contributed by atoms with Crippen LogP contribution in [0.5, 0.6) is 5.75 Å². The molecule has 1 aromatic heterocycles. The second-order valence-corrected chi connectivity index (χ2v) is 7.41. The summed E-state index contributed by atoms with van der Waals surface area (Å²) in [4.78, 5) is 15.1. The molecule has 0 bridgehead atoms. The van der Waals surface area contributed by atoms with E-state index in [0.29, 0.717) is 18.9 Å². The first-order chi connectivity index (χ1) is 14.7. The molecule has 6 nitrogen and oxygen atoms in total. The molecule has 1 aliphatic rings. The van der Waals surface area contributed by atoms with E-state index in [1.807, 2.05) is 49.4 Å². The van der Waals surface area contributed by atoms with Crippen LogP contribution in [0.1, 0.15) is 41.9 Å². The molecule has 1 aliphatic heterocycles. The Kier molecular flexibility index (Phi) is 6.44. The van der Waals surface area contributed by atoms with Gasteiger partial charge in [-0.05, 0) is 62.7 Å². The van der Waals surface area contributed by atoms with Crippen LogP contribution in [-0.2, 0) is 0 Å². The molecule has 0 spiro atoms. The summed E-state index contributed by atoms with van der Waals surface area (Å²) < 4.78 is 10.9. The van der Waals surface area contributed by atoms with Gasteiger partial charge in [0, 0.05) is 18.2 Å². The van der Waals surface area contributed by atoms with Gasteiger partial charge in [-0.1, -0.05) is 35.5 Å². The van der Waals surface area contributed by atoms with Crippen LogP contribution < -0.4 is 10.1 Å². The Labute approximate surface area is 176 Å². The van der Waals surface area contributed by atoms with E-state index >= 15 is 0 Å². The average Bonchev–Trinajstić information content (AvgIpc) is 3.48. The minimum Gasteiger partial charge on any atom is -0.494 e. The lowest BCUT2D eigenvalue weighted by atomic mass is 10.1. The minimum atomic E-state index is -0.226. The number of ether oxygens (including phenoxy) is 1. The average molecular weight is 405 g/mol. The number of rotatable bonds is 8. The molecule has 156 valence electrons. The minimum absolute atomic E-state index is 0.162. The molecule has 1 saturated heterocycles. The van der Waals surface area contributed by atoms with Gasteiger partial charge in [-0.25, -0.2) is 0 Å². The highest BCUT2D eigenvalue weighted by atomic mass is 16.5. The van der Waals surface area contributed by atoms with Gasteiger partial charge in [0.15, 0.2) is 11.5 Å². The van der Waals surface area contributed by atoms with Crippen molar-refractivity contribution in [1.82, 2.24) is 15.4 Å². The molecule has 0 aliphatic carbocycles. The van der Waals surface area contributed by atoms with E-state index < -0.39 is 0 Å². The largest absolute Gasteiger partial charge is 0.494 e. The smallest absolute Gasteiger partial charge is 0.273 e. The third-order valence-electron chi connectivity index (χ3n) is 5.41. The van der Waals surface area contributed by atoms with Crippen LogP contribution in [-0.4, -0.2) is 42.2 Å². The maximum atomic E-state index is 12.7. The second kappa shape index (κ2) is 9.59. The number of carbonyl (C=O) groups excluding carboxylic acids is 1. The Morgan fingerprint density at radius 3 is 2.57 bits per heavy atom. The van der Waals surface area contributed by atoms with Crippen LogP contribution >= 0.6 is 0 Å². The van der Waals surface area contributed by atoms with Crippen LogP contribution in [0.2, 0.25) is 0 Å². The van der Waals surface area contributed by atoms with Crippen LogP contribution in [0, 0.1) is 0 Å². The number of nitrogens with zero attached hydrogens (tertiary/aromatic N) is 2. The van der Waals surface area contributed by atoms with E-state index in [0.717, 1.165) is 24.4 Å². The molecule has 0 saturated carbocycles. The first kappa shape index (κ1) is 20.2. The maximum absolute atomic E-state index is 12.7. The van der Waals surface area contributed by atoms with Gasteiger partial charge in [0.2, 0.25) is 0 Å². The van der Waals surface area contributed by atoms with Crippen molar-refractivity contribution in [2.24, 2.45) is 0 Å². The molecule has 2 heterocycles. The van der Waals surface area contributed by atoms with Gasteiger partial charge in [0.25, 0.3) is 5.91 Å². The van der Waals surface area contributed by atoms with Crippen LogP contribution in [0.3, 0.4) is 0 Å². The van der Waals surface area contributed by atoms with E-state index in [1.165, 1.54) is 18.4 Å². The molecule has 6 heteroatoms. The highest BCUT2D eigenvalue weighted by molar-refractivity contribution is 5.93. The Morgan fingerprint density at radius 2 is 1.87 bits per heavy atom. The fourth-order valence-corrected chi connectivity index (χ4v) is 3.87. The van der Waals surface area contributed by atoms with Gasteiger partial charge in [0.05, 0.1) is 12.6 Å². The highest BCUT2D eigenvalue weighted by Gasteiger charge is 2.24. The zero-order valence-corrected chi connectivity index (χ0v) is 17.2. The number of benzene rings is 2. The predicted molar refractivity (Wildman–Crippen MR) is 115 cm³/mol. The quantitative estimate of drug-likeness (QED) is 0.605. The summed E-state index contributed by atoms with van der Waals surface area (Å²) in [5.74, 6) is 1.13. The summed E-state index contributed by atoms with van der Waals surface area (Å²) in [7, 11) is 0. The number of aromatic nitrogens is 1. The van der Waals surface area contributed by atoms with Gasteiger partial charge in [-0.15, -0.1) is 0 Å². The molecule has 1 fully saturated rings. The van der Waals surface area contributed by atoms with Crippen LogP contribution in [0.25, 0.3) is 11.3 Å². The number of amides is 1. The SMILES string of the molecule is CCOc1ccc(-c2cc(C(=O)NC[C@H](c3ccccc3)N3CCCC3)no2)cc1. The lowest BCUT2D eigenvalue weighted by molar-refractivity contribution is 0.0929. The maximum Gasteiger partial charge on any atom is 0.273 e. The van der Waals surface area contributed by atoms with E-state index in [4.69, 9.17) is 9.26 Å². The lowest BCUT2D eigenvalue weighted by Crippen LogP contribution is -2.36. The van der Waals surface area contributed by atoms with Gasteiger partial charge in [0.1, 0.15) is 5.75 Å². The van der Waals surface area contributed by atoms with Crippen molar-refractivity contribution in [2.75, 3.05) is 26.2 Å². The molecule has 4 rings (SSSR count). The molecular formula is C24H27N3O3. The van der Waals surface area contributed by atoms with E-state index in [9.17, 15) is 4.79 Å². The molecule has 30 heavy (non-hydrogen) atoms. The van der Waals surface area contributed by atoms with Crippen molar-refractivity contribution in [3.63, 3.8) is 0 Å². The summed E-state index contributed by atoms with van der Waals surface area (Å²) in [6, 6.07) is 19.7. The number of likely N-dealkylation sites (tertiary alicyclic amines) is 1. The Balaban J connectivity index is 1.42. The first-order valence-corrected chi connectivity index (χ1v) is 10.5. The monoisotopic (exact) mass is 405 g/mol. The zero-order valence-electron chi connectivity index (χ0n) is 17.2. The van der Waals surface area contributed by atoms with Gasteiger partial charge in [-0.2, -0.15) is 0 Å².